The van der Waals surface area contributed by atoms with Gasteiger partial charge in [-0.25, -0.2) is 0 Å². The van der Waals surface area contributed by atoms with Crippen LogP contribution in [0.5, 0.6) is 0 Å². The topological polar surface area (TPSA) is 12.5 Å². The summed E-state index contributed by atoms with van der Waals surface area (Å²) in [5, 5.41) is 0. The quantitative estimate of drug-likeness (QED) is 0.524. The molecule has 1 heterocycles. The van der Waals surface area contributed by atoms with Crippen LogP contribution in [0.1, 0.15) is 6.92 Å². The van der Waals surface area contributed by atoms with Gasteiger partial charge in [0.15, 0.2) is 5.88 Å². The second-order valence-corrected chi connectivity index (χ2v) is 1.99. The molecule has 9 heavy (non-hydrogen) atoms. The molecule has 1 saturated heterocycles. The summed E-state index contributed by atoms with van der Waals surface area (Å²) in [6.07, 6.45) is 0. The van der Waals surface area contributed by atoms with E-state index >= 15 is 0 Å². The minimum Gasteiger partial charge on any atom is -0.473 e. The van der Waals surface area contributed by atoms with Crippen molar-refractivity contribution < 1.29 is 4.74 Å². The molecular weight excluding hydrogens is 114 g/mol. The van der Waals surface area contributed by atoms with Crippen molar-refractivity contribution >= 4 is 0 Å². The van der Waals surface area contributed by atoms with E-state index in [-0.39, 0.29) is 0 Å². The Balaban J connectivity index is 2.66. The van der Waals surface area contributed by atoms with Gasteiger partial charge < -0.3 is 9.64 Å². The van der Waals surface area contributed by atoms with Gasteiger partial charge in [-0.2, -0.15) is 0 Å². The summed E-state index contributed by atoms with van der Waals surface area (Å²) in [5.74, 6) is 0.725. The van der Waals surface area contributed by atoms with Gasteiger partial charge in [0.1, 0.15) is 6.61 Å². The summed E-state index contributed by atoms with van der Waals surface area (Å²) < 4.78 is 5.10. The molecule has 0 bridgehead atoms. The van der Waals surface area contributed by atoms with Crippen molar-refractivity contribution in [2.45, 2.75) is 6.92 Å². The van der Waals surface area contributed by atoms with Crippen LogP contribution in [-0.4, -0.2) is 18.1 Å². The average molecular weight is 125 g/mol. The molecule has 1 fully saturated rings. The highest BCUT2D eigenvalue weighted by Gasteiger charge is 2.17. The Labute approximate surface area is 55.4 Å². The molecule has 1 aliphatic rings. The highest BCUT2D eigenvalue weighted by molar-refractivity contribution is 5.08. The highest BCUT2D eigenvalue weighted by atomic mass is 16.5. The monoisotopic (exact) mass is 125 g/mol. The molecule has 0 N–H and O–H groups in total. The van der Waals surface area contributed by atoms with Gasteiger partial charge in [-0.05, 0) is 13.5 Å². The molecule has 0 aromatic rings. The molecule has 1 rings (SSSR count). The third-order valence-electron chi connectivity index (χ3n) is 1.40. The number of hydrogen-bond donors (Lipinski definition) is 0. The van der Waals surface area contributed by atoms with Crippen LogP contribution in [0, 0.1) is 0 Å². The number of nitrogens with zero attached hydrogens (tertiary/aromatic N) is 1. The van der Waals surface area contributed by atoms with E-state index in [4.69, 9.17) is 4.74 Å². The van der Waals surface area contributed by atoms with Crippen molar-refractivity contribution in [3.63, 3.8) is 0 Å². The van der Waals surface area contributed by atoms with E-state index in [2.05, 4.69) is 13.2 Å². The number of likely N-dealkylation sites (N-methyl/N-ethyl adjacent to an activating group) is 1. The number of ether oxygens (including phenoxy) is 1. The second kappa shape index (κ2) is 2.13. The van der Waals surface area contributed by atoms with Crippen LogP contribution >= 0.6 is 0 Å². The fraction of sp³-hybridized carbons (Fsp3) is 0.429. The van der Waals surface area contributed by atoms with Crippen molar-refractivity contribution in [1.29, 1.82) is 0 Å². The molecular formula is C7H11NO. The van der Waals surface area contributed by atoms with Crippen LogP contribution in [0.15, 0.2) is 24.7 Å². The Kier molecular flexibility index (Phi) is 1.47. The predicted molar refractivity (Wildman–Crippen MR) is 36.6 cm³/mol. The first-order valence-electron chi connectivity index (χ1n) is 3.02. The molecule has 1 aliphatic heterocycles. The number of rotatable bonds is 1. The van der Waals surface area contributed by atoms with Gasteiger partial charge >= 0.3 is 0 Å². The summed E-state index contributed by atoms with van der Waals surface area (Å²) in [5.41, 5.74) is 1.00. The minimum atomic E-state index is 0.604. The van der Waals surface area contributed by atoms with Crippen molar-refractivity contribution in [2.24, 2.45) is 0 Å². The molecule has 2 heteroatoms. The third-order valence-corrected chi connectivity index (χ3v) is 1.40. The second-order valence-electron chi connectivity index (χ2n) is 1.99. The molecule has 0 aromatic carbocycles. The van der Waals surface area contributed by atoms with Gasteiger partial charge in [0, 0.05) is 6.54 Å². The van der Waals surface area contributed by atoms with Crippen LogP contribution in [0.3, 0.4) is 0 Å². The van der Waals surface area contributed by atoms with Crippen LogP contribution < -0.4 is 0 Å². The van der Waals surface area contributed by atoms with Gasteiger partial charge in [0.2, 0.25) is 0 Å². The van der Waals surface area contributed by atoms with E-state index in [1.165, 1.54) is 0 Å². The van der Waals surface area contributed by atoms with Gasteiger partial charge in [-0.1, -0.05) is 6.58 Å². The summed E-state index contributed by atoms with van der Waals surface area (Å²) in [6, 6.07) is 0. The number of hydrogen-bond acceptors (Lipinski definition) is 2. The zero-order chi connectivity index (χ0) is 6.85. The Morgan fingerprint density at radius 1 is 1.67 bits per heavy atom. The first-order valence-corrected chi connectivity index (χ1v) is 3.02. The molecule has 0 radical (unpaired) electrons. The first-order chi connectivity index (χ1) is 4.25. The fourth-order valence-electron chi connectivity index (χ4n) is 0.899. The van der Waals surface area contributed by atoms with Gasteiger partial charge in [0.05, 0.1) is 5.70 Å². The van der Waals surface area contributed by atoms with Crippen LogP contribution in [-0.2, 0) is 4.74 Å². The largest absolute Gasteiger partial charge is 0.473 e. The van der Waals surface area contributed by atoms with Crippen molar-refractivity contribution in [1.82, 2.24) is 4.90 Å². The third kappa shape index (κ3) is 0.922. The van der Waals surface area contributed by atoms with Gasteiger partial charge in [-0.3, -0.25) is 0 Å². The summed E-state index contributed by atoms with van der Waals surface area (Å²) in [4.78, 5) is 1.96. The lowest BCUT2D eigenvalue weighted by Crippen LogP contribution is -2.14. The Morgan fingerprint density at radius 2 is 2.33 bits per heavy atom. The molecule has 0 aliphatic carbocycles. The van der Waals surface area contributed by atoms with E-state index in [0.29, 0.717) is 6.61 Å². The average Bonchev–Trinajstić information content (AvgIpc) is 2.12. The van der Waals surface area contributed by atoms with E-state index in [9.17, 15) is 0 Å². The lowest BCUT2D eigenvalue weighted by Gasteiger charge is -2.12. The Bertz CT molecular complexity index is 135. The van der Waals surface area contributed by atoms with E-state index in [1.54, 1.807) is 0 Å². The smallest absolute Gasteiger partial charge is 0.186 e. The lowest BCUT2D eigenvalue weighted by atomic mass is 10.4. The highest BCUT2D eigenvalue weighted by Crippen LogP contribution is 2.18. The summed E-state index contributed by atoms with van der Waals surface area (Å²) >= 11 is 0. The first kappa shape index (κ1) is 6.20. The maximum Gasteiger partial charge on any atom is 0.186 e. The molecule has 0 unspecified atom stereocenters. The molecule has 0 amide bonds. The normalized spacial score (nSPS) is 18.6. The SMILES string of the molecule is C=C1COC(=C)N1CC. The zero-order valence-corrected chi connectivity index (χ0v) is 5.68. The molecule has 0 atom stereocenters. The molecule has 50 valence electrons. The van der Waals surface area contributed by atoms with Crippen molar-refractivity contribution in [3.8, 4) is 0 Å². The fourth-order valence-corrected chi connectivity index (χ4v) is 0.899. The summed E-state index contributed by atoms with van der Waals surface area (Å²) in [7, 11) is 0. The maximum atomic E-state index is 5.10. The van der Waals surface area contributed by atoms with E-state index in [1.807, 2.05) is 11.8 Å². The predicted octanol–water partition coefficient (Wildman–Crippen LogP) is 1.32. The van der Waals surface area contributed by atoms with Crippen molar-refractivity contribution in [3.05, 3.63) is 24.7 Å². The molecule has 0 spiro atoms. The van der Waals surface area contributed by atoms with Crippen LogP contribution in [0.4, 0.5) is 0 Å². The Hall–Kier alpha value is -0.920. The van der Waals surface area contributed by atoms with E-state index in [0.717, 1.165) is 18.1 Å². The van der Waals surface area contributed by atoms with Crippen LogP contribution in [0.2, 0.25) is 0 Å². The molecule has 0 saturated carbocycles. The van der Waals surface area contributed by atoms with Crippen LogP contribution in [0.25, 0.3) is 0 Å². The summed E-state index contributed by atoms with van der Waals surface area (Å²) in [6.45, 7) is 11.0. The van der Waals surface area contributed by atoms with Crippen molar-refractivity contribution in [2.75, 3.05) is 13.2 Å². The standard InChI is InChI=1S/C7H11NO/c1-4-8-6(2)5-9-7(8)3/h2-5H2,1H3. The molecule has 0 aromatic heterocycles. The van der Waals surface area contributed by atoms with Gasteiger partial charge in [-0.15, -0.1) is 0 Å². The lowest BCUT2D eigenvalue weighted by molar-refractivity contribution is 0.239. The maximum absolute atomic E-state index is 5.10. The van der Waals surface area contributed by atoms with E-state index < -0.39 is 0 Å². The minimum absolute atomic E-state index is 0.604. The zero-order valence-electron chi connectivity index (χ0n) is 5.68. The molecule has 2 nitrogen and oxygen atoms in total. The Morgan fingerprint density at radius 3 is 2.56 bits per heavy atom. The van der Waals surface area contributed by atoms with Gasteiger partial charge in [0.25, 0.3) is 0 Å².